The van der Waals surface area contributed by atoms with Gasteiger partial charge in [-0.05, 0) is 19.1 Å². The van der Waals surface area contributed by atoms with Gasteiger partial charge in [-0.1, -0.05) is 0 Å². The fourth-order valence-electron chi connectivity index (χ4n) is 1.56. The number of aromatic nitrogens is 5. The molecule has 0 unspecified atom stereocenters. The van der Waals surface area contributed by atoms with Crippen molar-refractivity contribution >= 4 is 17.0 Å². The minimum atomic E-state index is 0.547. The molecule has 0 saturated carbocycles. The number of nitrogens with zero attached hydrogens (tertiary/aromatic N) is 4. The molecule has 0 aromatic carbocycles. The molecule has 3 aromatic rings. The zero-order valence-corrected chi connectivity index (χ0v) is 9.14. The van der Waals surface area contributed by atoms with Gasteiger partial charge >= 0.3 is 0 Å². The van der Waals surface area contributed by atoms with Gasteiger partial charge in [0.1, 0.15) is 11.6 Å². The van der Waals surface area contributed by atoms with Gasteiger partial charge in [0, 0.05) is 0 Å². The smallest absolute Gasteiger partial charge is 0.207 e. The maximum atomic E-state index is 5.23. The fourth-order valence-corrected chi connectivity index (χ4v) is 1.56. The SMILES string of the molecule is Cc1nc(NCc2ccco2)c2n[nH]nc2n1. The molecule has 0 saturated heterocycles. The number of nitrogens with one attached hydrogen (secondary N) is 2. The van der Waals surface area contributed by atoms with Crippen molar-refractivity contribution in [1.29, 1.82) is 0 Å². The van der Waals surface area contributed by atoms with Gasteiger partial charge in [-0.3, -0.25) is 0 Å². The maximum Gasteiger partial charge on any atom is 0.207 e. The van der Waals surface area contributed by atoms with E-state index in [4.69, 9.17) is 4.42 Å². The summed E-state index contributed by atoms with van der Waals surface area (Å²) >= 11 is 0. The molecule has 0 spiro atoms. The zero-order valence-electron chi connectivity index (χ0n) is 9.14. The van der Waals surface area contributed by atoms with Gasteiger partial charge in [0.15, 0.2) is 11.3 Å². The first-order valence-corrected chi connectivity index (χ1v) is 5.14. The van der Waals surface area contributed by atoms with E-state index in [0.29, 0.717) is 29.4 Å². The number of anilines is 1. The van der Waals surface area contributed by atoms with Crippen LogP contribution in [0.1, 0.15) is 11.6 Å². The minimum absolute atomic E-state index is 0.547. The summed E-state index contributed by atoms with van der Waals surface area (Å²) in [7, 11) is 0. The van der Waals surface area contributed by atoms with Crippen LogP contribution in [-0.4, -0.2) is 25.4 Å². The van der Waals surface area contributed by atoms with E-state index in [-0.39, 0.29) is 0 Å². The van der Waals surface area contributed by atoms with E-state index >= 15 is 0 Å². The summed E-state index contributed by atoms with van der Waals surface area (Å²) in [4.78, 5) is 8.45. The second kappa shape index (κ2) is 3.85. The van der Waals surface area contributed by atoms with Gasteiger partial charge in [0.2, 0.25) is 5.65 Å². The van der Waals surface area contributed by atoms with Crippen LogP contribution < -0.4 is 5.32 Å². The van der Waals surface area contributed by atoms with Crippen LogP contribution in [0.5, 0.6) is 0 Å². The van der Waals surface area contributed by atoms with Crippen LogP contribution in [0.4, 0.5) is 5.82 Å². The third-order valence-electron chi connectivity index (χ3n) is 2.31. The number of hydrogen-bond donors (Lipinski definition) is 2. The molecule has 0 atom stereocenters. The number of aryl methyl sites for hydroxylation is 1. The van der Waals surface area contributed by atoms with E-state index in [9.17, 15) is 0 Å². The average Bonchev–Trinajstić information content (AvgIpc) is 2.95. The van der Waals surface area contributed by atoms with Crippen molar-refractivity contribution in [1.82, 2.24) is 25.4 Å². The largest absolute Gasteiger partial charge is 0.467 e. The van der Waals surface area contributed by atoms with E-state index < -0.39 is 0 Å². The first-order valence-electron chi connectivity index (χ1n) is 5.14. The first-order chi connectivity index (χ1) is 8.33. The number of aromatic amines is 1. The predicted molar refractivity (Wildman–Crippen MR) is 60.3 cm³/mol. The number of furan rings is 1. The van der Waals surface area contributed by atoms with Gasteiger partial charge in [0.05, 0.1) is 12.8 Å². The Morgan fingerprint density at radius 1 is 1.35 bits per heavy atom. The number of rotatable bonds is 3. The highest BCUT2D eigenvalue weighted by Crippen LogP contribution is 2.16. The number of hydrogen-bond acceptors (Lipinski definition) is 6. The van der Waals surface area contributed by atoms with E-state index in [1.807, 2.05) is 19.1 Å². The summed E-state index contributed by atoms with van der Waals surface area (Å²) in [5.74, 6) is 2.13. The van der Waals surface area contributed by atoms with Gasteiger partial charge in [-0.2, -0.15) is 10.3 Å². The third kappa shape index (κ3) is 1.82. The summed E-state index contributed by atoms with van der Waals surface area (Å²) in [5.41, 5.74) is 1.18. The molecule has 7 nitrogen and oxygen atoms in total. The lowest BCUT2D eigenvalue weighted by molar-refractivity contribution is 0.518. The van der Waals surface area contributed by atoms with Crippen molar-refractivity contribution in [2.75, 3.05) is 5.32 Å². The summed E-state index contributed by atoms with van der Waals surface area (Å²) in [6.45, 7) is 2.36. The van der Waals surface area contributed by atoms with Crippen LogP contribution in [0.25, 0.3) is 11.2 Å². The monoisotopic (exact) mass is 230 g/mol. The van der Waals surface area contributed by atoms with Crippen LogP contribution in [0.2, 0.25) is 0 Å². The molecule has 7 heteroatoms. The van der Waals surface area contributed by atoms with Crippen molar-refractivity contribution < 1.29 is 4.42 Å². The predicted octanol–water partition coefficient (Wildman–Crippen LogP) is 1.26. The second-order valence-electron chi connectivity index (χ2n) is 3.55. The fraction of sp³-hybridized carbons (Fsp3) is 0.200. The van der Waals surface area contributed by atoms with Crippen molar-refractivity contribution in [2.45, 2.75) is 13.5 Å². The quantitative estimate of drug-likeness (QED) is 0.703. The molecule has 0 aliphatic rings. The molecule has 3 aromatic heterocycles. The lowest BCUT2D eigenvalue weighted by Gasteiger charge is -2.03. The zero-order chi connectivity index (χ0) is 11.7. The molecular weight excluding hydrogens is 220 g/mol. The minimum Gasteiger partial charge on any atom is -0.467 e. The van der Waals surface area contributed by atoms with E-state index in [2.05, 4.69) is 30.7 Å². The lowest BCUT2D eigenvalue weighted by atomic mass is 10.4. The molecule has 3 rings (SSSR count). The van der Waals surface area contributed by atoms with Gasteiger partial charge in [0.25, 0.3) is 0 Å². The molecule has 0 aliphatic carbocycles. The van der Waals surface area contributed by atoms with Crippen molar-refractivity contribution in [2.24, 2.45) is 0 Å². The first kappa shape index (κ1) is 9.76. The van der Waals surface area contributed by atoms with Crippen LogP contribution in [-0.2, 0) is 6.54 Å². The summed E-state index contributed by atoms with van der Waals surface area (Å²) in [5, 5.41) is 13.6. The summed E-state index contributed by atoms with van der Waals surface area (Å²) in [6, 6.07) is 3.73. The molecule has 0 amide bonds. The van der Waals surface area contributed by atoms with Gasteiger partial charge < -0.3 is 9.73 Å². The van der Waals surface area contributed by atoms with E-state index in [1.165, 1.54) is 0 Å². The van der Waals surface area contributed by atoms with Crippen molar-refractivity contribution in [3.63, 3.8) is 0 Å². The standard InChI is InChI=1S/C10H10N6O/c1-6-12-9(8-10(13-6)15-16-14-8)11-5-7-3-2-4-17-7/h2-4H,5H2,1H3,(H2,11,12,13,14,15,16). The van der Waals surface area contributed by atoms with Crippen LogP contribution >= 0.6 is 0 Å². The Labute approximate surface area is 96.3 Å². The Morgan fingerprint density at radius 2 is 2.29 bits per heavy atom. The summed E-state index contributed by atoms with van der Waals surface area (Å²) in [6.07, 6.45) is 1.63. The third-order valence-corrected chi connectivity index (χ3v) is 2.31. The Bertz CT molecular complexity index is 629. The lowest BCUT2D eigenvalue weighted by Crippen LogP contribution is -2.03. The van der Waals surface area contributed by atoms with Crippen LogP contribution in [0.3, 0.4) is 0 Å². The second-order valence-corrected chi connectivity index (χ2v) is 3.55. The molecule has 0 fully saturated rings. The Morgan fingerprint density at radius 3 is 3.12 bits per heavy atom. The van der Waals surface area contributed by atoms with Crippen LogP contribution in [0.15, 0.2) is 22.8 Å². The maximum absolute atomic E-state index is 5.23. The highest BCUT2D eigenvalue weighted by Gasteiger charge is 2.09. The summed E-state index contributed by atoms with van der Waals surface area (Å²) < 4.78 is 5.23. The molecular formula is C10H10N6O. The molecule has 2 N–H and O–H groups in total. The Kier molecular flexibility index (Phi) is 2.21. The number of fused-ring (bicyclic) bond motifs is 1. The van der Waals surface area contributed by atoms with Gasteiger partial charge in [-0.15, -0.1) is 5.10 Å². The topological polar surface area (TPSA) is 92.5 Å². The molecule has 86 valence electrons. The Balaban J connectivity index is 1.91. The Hall–Kier alpha value is -2.44. The van der Waals surface area contributed by atoms with Crippen molar-refractivity contribution in [3.05, 3.63) is 30.0 Å². The van der Waals surface area contributed by atoms with E-state index in [1.54, 1.807) is 6.26 Å². The highest BCUT2D eigenvalue weighted by atomic mass is 16.3. The molecule has 0 aliphatic heterocycles. The van der Waals surface area contributed by atoms with E-state index in [0.717, 1.165) is 5.76 Å². The highest BCUT2D eigenvalue weighted by molar-refractivity contribution is 5.81. The van der Waals surface area contributed by atoms with Crippen molar-refractivity contribution in [3.8, 4) is 0 Å². The molecule has 0 radical (unpaired) electrons. The van der Waals surface area contributed by atoms with Gasteiger partial charge in [-0.25, -0.2) is 9.97 Å². The normalized spacial score (nSPS) is 10.9. The average molecular weight is 230 g/mol. The molecule has 3 heterocycles. The molecule has 0 bridgehead atoms. The number of H-pyrrole nitrogens is 1. The van der Waals surface area contributed by atoms with Crippen LogP contribution in [0, 0.1) is 6.92 Å². The molecule has 17 heavy (non-hydrogen) atoms.